The van der Waals surface area contributed by atoms with Gasteiger partial charge in [0.25, 0.3) is 0 Å². The standard InChI is InChI=1S/C23H39NO3S/c1-15-13-17-18-5-6-20(25)21(18,2)9-8-19(17)22(3)10-7-16(14-23(15,22)26)28(27)12-4-11-24/h15-19,26H,4-14,24H2,1-3H3/t15?,16?,17-,18-,19+,21-,22+,23?,28?/m0/s1. The highest BCUT2D eigenvalue weighted by molar-refractivity contribution is 7.92. The molecule has 5 heteroatoms. The van der Waals surface area contributed by atoms with Gasteiger partial charge in [0.15, 0.2) is 0 Å². The summed E-state index contributed by atoms with van der Waals surface area (Å²) in [5.74, 6) is 2.90. The molecular formula is C23H39NO3S. The summed E-state index contributed by atoms with van der Waals surface area (Å²) in [6, 6.07) is 0. The summed E-state index contributed by atoms with van der Waals surface area (Å²) >= 11 is -0.891. The predicted octanol–water partition coefficient (Wildman–Crippen LogP) is 3.43. The van der Waals surface area contributed by atoms with Gasteiger partial charge in [-0.15, -0.1) is 0 Å². The number of hydrogen-bond donors (Lipinski definition) is 2. The van der Waals surface area contributed by atoms with Crippen molar-refractivity contribution in [1.29, 1.82) is 0 Å². The highest BCUT2D eigenvalue weighted by Crippen LogP contribution is 2.68. The average Bonchev–Trinajstić information content (AvgIpc) is 2.96. The number of rotatable bonds is 4. The zero-order chi connectivity index (χ0) is 20.3. The summed E-state index contributed by atoms with van der Waals surface area (Å²) in [6.45, 7) is 7.33. The lowest BCUT2D eigenvalue weighted by atomic mass is 9.41. The van der Waals surface area contributed by atoms with Crippen molar-refractivity contribution in [3.63, 3.8) is 0 Å². The van der Waals surface area contributed by atoms with Crippen LogP contribution in [0.15, 0.2) is 0 Å². The van der Waals surface area contributed by atoms with Gasteiger partial charge in [0, 0.05) is 30.1 Å². The van der Waals surface area contributed by atoms with Crippen molar-refractivity contribution in [2.45, 2.75) is 89.4 Å². The Morgan fingerprint density at radius 1 is 1.21 bits per heavy atom. The fourth-order valence-electron chi connectivity index (χ4n) is 8.03. The lowest BCUT2D eigenvalue weighted by Crippen LogP contribution is -2.66. The number of carbonyl (C=O) groups is 1. The summed E-state index contributed by atoms with van der Waals surface area (Å²) in [6.07, 6.45) is 8.26. The zero-order valence-corrected chi connectivity index (χ0v) is 18.7. The van der Waals surface area contributed by atoms with Crippen molar-refractivity contribution in [2.75, 3.05) is 12.3 Å². The van der Waals surface area contributed by atoms with E-state index in [1.807, 2.05) is 0 Å². The van der Waals surface area contributed by atoms with Crippen molar-refractivity contribution in [3.8, 4) is 0 Å². The molecule has 4 unspecified atom stereocenters. The van der Waals surface area contributed by atoms with Crippen LogP contribution >= 0.6 is 0 Å². The summed E-state index contributed by atoms with van der Waals surface area (Å²) in [5.41, 5.74) is 4.65. The topological polar surface area (TPSA) is 86.4 Å². The molecule has 9 atom stereocenters. The van der Waals surface area contributed by atoms with Crippen LogP contribution in [-0.2, 0) is 16.0 Å². The molecule has 0 heterocycles. The molecule has 0 aliphatic heterocycles. The first-order valence-electron chi connectivity index (χ1n) is 11.5. The molecule has 0 amide bonds. The normalized spacial score (nSPS) is 51.9. The smallest absolute Gasteiger partial charge is 0.139 e. The van der Waals surface area contributed by atoms with Crippen molar-refractivity contribution < 1.29 is 14.5 Å². The van der Waals surface area contributed by atoms with Gasteiger partial charge < -0.3 is 15.4 Å². The Hall–Kier alpha value is -0.100. The minimum Gasteiger partial charge on any atom is -0.616 e. The summed E-state index contributed by atoms with van der Waals surface area (Å²) in [4.78, 5) is 12.6. The number of nitrogens with two attached hydrogens (primary N) is 1. The number of Topliss-reactive ketones (excluding diaryl/α,β-unsaturated/α-hetero) is 1. The molecule has 0 bridgehead atoms. The highest BCUT2D eigenvalue weighted by Gasteiger charge is 2.67. The van der Waals surface area contributed by atoms with E-state index < -0.39 is 16.8 Å². The van der Waals surface area contributed by atoms with E-state index in [2.05, 4.69) is 20.8 Å². The van der Waals surface area contributed by atoms with E-state index in [0.717, 1.165) is 51.4 Å². The summed E-state index contributed by atoms with van der Waals surface area (Å²) in [5, 5.41) is 12.1. The zero-order valence-electron chi connectivity index (χ0n) is 17.9. The minimum atomic E-state index is -0.891. The quantitative estimate of drug-likeness (QED) is 0.697. The Balaban J connectivity index is 1.59. The van der Waals surface area contributed by atoms with Crippen LogP contribution in [0.1, 0.15) is 78.6 Å². The Kier molecular flexibility index (Phi) is 5.47. The molecule has 4 aliphatic rings. The number of carbonyl (C=O) groups excluding carboxylic acids is 1. The van der Waals surface area contributed by atoms with Gasteiger partial charge >= 0.3 is 0 Å². The molecule has 28 heavy (non-hydrogen) atoms. The van der Waals surface area contributed by atoms with Crippen LogP contribution in [0.4, 0.5) is 0 Å². The third-order valence-corrected chi connectivity index (χ3v) is 11.7. The van der Waals surface area contributed by atoms with Crippen LogP contribution in [0.5, 0.6) is 0 Å². The van der Waals surface area contributed by atoms with E-state index in [1.165, 1.54) is 0 Å². The van der Waals surface area contributed by atoms with Gasteiger partial charge in [0.2, 0.25) is 0 Å². The molecule has 4 fully saturated rings. The molecule has 4 nitrogen and oxygen atoms in total. The second kappa shape index (κ2) is 7.25. The van der Waals surface area contributed by atoms with Crippen LogP contribution < -0.4 is 5.73 Å². The second-order valence-electron chi connectivity index (χ2n) is 10.9. The maximum Gasteiger partial charge on any atom is 0.139 e. The molecule has 4 rings (SSSR count). The van der Waals surface area contributed by atoms with Gasteiger partial charge in [-0.3, -0.25) is 4.79 Å². The molecule has 0 radical (unpaired) electrons. The highest BCUT2D eigenvalue weighted by atomic mass is 32.2. The fourth-order valence-corrected chi connectivity index (χ4v) is 9.63. The molecule has 4 saturated carbocycles. The monoisotopic (exact) mass is 409 g/mol. The Bertz CT molecular complexity index is 629. The van der Waals surface area contributed by atoms with Crippen molar-refractivity contribution in [1.82, 2.24) is 0 Å². The van der Waals surface area contributed by atoms with E-state index in [0.29, 0.717) is 42.3 Å². The molecule has 0 saturated heterocycles. The van der Waals surface area contributed by atoms with E-state index in [1.54, 1.807) is 0 Å². The van der Waals surface area contributed by atoms with Crippen LogP contribution in [0.3, 0.4) is 0 Å². The predicted molar refractivity (Wildman–Crippen MR) is 113 cm³/mol. The van der Waals surface area contributed by atoms with Crippen LogP contribution in [0, 0.1) is 34.5 Å². The SMILES string of the molecule is CC1C[C@@H]2[C@@H](CC[C@]3(C)C(=O)CC[C@@H]23)[C@@]2(C)CCC([S+]([O-])CCCN)CC12O. The fraction of sp³-hybridized carbons (Fsp3) is 0.957. The van der Waals surface area contributed by atoms with Crippen LogP contribution in [0.2, 0.25) is 0 Å². The molecule has 160 valence electrons. The minimum absolute atomic E-state index is 0.102. The molecular weight excluding hydrogens is 370 g/mol. The number of fused-ring (bicyclic) bond motifs is 5. The molecule has 0 spiro atoms. The molecule has 3 N–H and O–H groups in total. The first kappa shape index (κ1) is 21.1. The van der Waals surface area contributed by atoms with E-state index in [9.17, 15) is 14.5 Å². The molecule has 4 aliphatic carbocycles. The van der Waals surface area contributed by atoms with Gasteiger partial charge in [-0.2, -0.15) is 0 Å². The van der Waals surface area contributed by atoms with Crippen LogP contribution in [0.25, 0.3) is 0 Å². The van der Waals surface area contributed by atoms with Crippen molar-refractivity contribution >= 4 is 17.0 Å². The maximum atomic E-state index is 12.8. The number of hydrogen-bond acceptors (Lipinski definition) is 4. The van der Waals surface area contributed by atoms with E-state index in [4.69, 9.17) is 5.73 Å². The van der Waals surface area contributed by atoms with Gasteiger partial charge in [-0.1, -0.05) is 31.9 Å². The van der Waals surface area contributed by atoms with Crippen molar-refractivity contribution in [3.05, 3.63) is 0 Å². The van der Waals surface area contributed by atoms with Gasteiger partial charge in [0.05, 0.1) is 5.60 Å². The first-order valence-corrected chi connectivity index (χ1v) is 12.9. The van der Waals surface area contributed by atoms with Gasteiger partial charge in [0.1, 0.15) is 16.8 Å². The maximum absolute atomic E-state index is 12.8. The summed E-state index contributed by atoms with van der Waals surface area (Å²) in [7, 11) is 0. The molecule has 0 aromatic rings. The largest absolute Gasteiger partial charge is 0.616 e. The van der Waals surface area contributed by atoms with Gasteiger partial charge in [-0.25, -0.2) is 0 Å². The lowest BCUT2D eigenvalue weighted by molar-refractivity contribution is -0.227. The average molecular weight is 410 g/mol. The molecule has 0 aromatic carbocycles. The van der Waals surface area contributed by atoms with Crippen molar-refractivity contribution in [2.24, 2.45) is 40.2 Å². The van der Waals surface area contributed by atoms with Gasteiger partial charge in [-0.05, 0) is 68.7 Å². The third kappa shape index (κ3) is 2.86. The van der Waals surface area contributed by atoms with Crippen LogP contribution in [-0.4, -0.2) is 38.6 Å². The number of ketones is 1. The number of aliphatic hydroxyl groups is 1. The summed E-state index contributed by atoms with van der Waals surface area (Å²) < 4.78 is 12.8. The van der Waals surface area contributed by atoms with E-state index >= 15 is 0 Å². The Morgan fingerprint density at radius 2 is 1.96 bits per heavy atom. The first-order chi connectivity index (χ1) is 13.2. The Labute approximate surface area is 173 Å². The molecule has 0 aromatic heterocycles. The second-order valence-corrected chi connectivity index (χ2v) is 12.7. The third-order valence-electron chi connectivity index (χ3n) is 9.84. The van der Waals surface area contributed by atoms with E-state index in [-0.39, 0.29) is 22.0 Å². The lowest BCUT2D eigenvalue weighted by Gasteiger charge is -2.65. The Morgan fingerprint density at radius 3 is 2.68 bits per heavy atom.